The smallest absolute Gasteiger partial charge is 0.341 e. The SMILES string of the molecule is Cc1nc(OS(=O)(=O)c2c(C(C)C)cc(C(C)C)cc2C(C)C)cc(=O)n1-c1ccc(F)c(F)c1Cl. The maximum atomic E-state index is 14.0. The predicted molar refractivity (Wildman–Crippen MR) is 136 cm³/mol. The van der Waals surface area contributed by atoms with Gasteiger partial charge in [0.25, 0.3) is 5.56 Å². The lowest BCUT2D eigenvalue weighted by Gasteiger charge is -2.22. The Labute approximate surface area is 215 Å². The van der Waals surface area contributed by atoms with Gasteiger partial charge in [-0.1, -0.05) is 65.3 Å². The van der Waals surface area contributed by atoms with Crippen molar-refractivity contribution in [3.8, 4) is 11.6 Å². The second-order valence-corrected chi connectivity index (χ2v) is 11.4. The average Bonchev–Trinajstić information content (AvgIpc) is 2.77. The molecule has 0 amide bonds. The summed E-state index contributed by atoms with van der Waals surface area (Å²) in [6, 6.07) is 6.58. The van der Waals surface area contributed by atoms with Crippen molar-refractivity contribution in [1.29, 1.82) is 0 Å². The van der Waals surface area contributed by atoms with E-state index in [1.807, 2.05) is 53.7 Å². The van der Waals surface area contributed by atoms with Gasteiger partial charge in [-0.25, -0.2) is 8.78 Å². The van der Waals surface area contributed by atoms with Gasteiger partial charge in [0.05, 0.1) is 11.8 Å². The van der Waals surface area contributed by atoms with Crippen molar-refractivity contribution in [3.05, 3.63) is 79.9 Å². The Balaban J connectivity index is 2.15. The highest BCUT2D eigenvalue weighted by atomic mass is 35.5. The Morgan fingerprint density at radius 1 is 0.944 bits per heavy atom. The average molecular weight is 539 g/mol. The molecular weight excluding hydrogens is 510 g/mol. The van der Waals surface area contributed by atoms with Crippen molar-refractivity contribution in [2.45, 2.75) is 71.1 Å². The maximum absolute atomic E-state index is 14.0. The molecule has 3 aromatic rings. The number of nitrogens with zero attached hydrogens (tertiary/aromatic N) is 2. The standard InChI is InChI=1S/C26H29ClF2N2O4S/c1-13(2)17-10-18(14(3)4)26(19(11-17)15(5)6)36(33,34)35-22-12-23(32)31(16(7)30-22)21-9-8-20(28)25(29)24(21)27/h8-15H,1-7H3. The van der Waals surface area contributed by atoms with E-state index in [-0.39, 0.29) is 34.2 Å². The normalized spacial score (nSPS) is 12.1. The van der Waals surface area contributed by atoms with Gasteiger partial charge in [0.1, 0.15) is 15.7 Å². The zero-order valence-corrected chi connectivity index (χ0v) is 22.8. The van der Waals surface area contributed by atoms with Crippen LogP contribution in [-0.2, 0) is 10.1 Å². The topological polar surface area (TPSA) is 78.3 Å². The molecule has 0 aliphatic carbocycles. The van der Waals surface area contributed by atoms with E-state index in [9.17, 15) is 22.0 Å². The predicted octanol–water partition coefficient (Wildman–Crippen LogP) is 6.61. The molecule has 10 heteroatoms. The summed E-state index contributed by atoms with van der Waals surface area (Å²) in [6.45, 7) is 13.1. The molecule has 1 aromatic heterocycles. The highest BCUT2D eigenvalue weighted by Crippen LogP contribution is 2.36. The molecule has 0 N–H and O–H groups in total. The number of rotatable bonds is 7. The van der Waals surface area contributed by atoms with Crippen molar-refractivity contribution in [1.82, 2.24) is 9.55 Å². The second kappa shape index (κ2) is 10.3. The van der Waals surface area contributed by atoms with E-state index in [0.29, 0.717) is 11.1 Å². The number of aryl methyl sites for hydroxylation is 1. The number of hydrogen-bond donors (Lipinski definition) is 0. The highest BCUT2D eigenvalue weighted by Gasteiger charge is 2.29. The van der Waals surface area contributed by atoms with Gasteiger partial charge in [0.2, 0.25) is 5.88 Å². The van der Waals surface area contributed by atoms with Crippen molar-refractivity contribution < 1.29 is 21.4 Å². The van der Waals surface area contributed by atoms with Crippen molar-refractivity contribution in [2.24, 2.45) is 0 Å². The highest BCUT2D eigenvalue weighted by molar-refractivity contribution is 7.87. The second-order valence-electron chi connectivity index (χ2n) is 9.54. The first-order valence-corrected chi connectivity index (χ1v) is 13.3. The van der Waals surface area contributed by atoms with Crippen LogP contribution in [0.4, 0.5) is 8.78 Å². The molecule has 0 aliphatic heterocycles. The number of halogens is 3. The van der Waals surface area contributed by atoms with Crippen LogP contribution in [0, 0.1) is 18.6 Å². The number of hydrogen-bond acceptors (Lipinski definition) is 5. The van der Waals surface area contributed by atoms with Gasteiger partial charge in [0, 0.05) is 0 Å². The first-order valence-electron chi connectivity index (χ1n) is 11.5. The summed E-state index contributed by atoms with van der Waals surface area (Å²) in [4.78, 5) is 17.0. The van der Waals surface area contributed by atoms with Crippen LogP contribution in [0.2, 0.25) is 5.02 Å². The van der Waals surface area contributed by atoms with E-state index in [0.717, 1.165) is 28.3 Å². The Kier molecular flexibility index (Phi) is 7.95. The van der Waals surface area contributed by atoms with E-state index >= 15 is 0 Å². The fourth-order valence-electron chi connectivity index (χ4n) is 3.93. The molecule has 0 radical (unpaired) electrons. The molecule has 0 aliphatic rings. The van der Waals surface area contributed by atoms with Gasteiger partial charge in [0.15, 0.2) is 11.6 Å². The Hall–Kier alpha value is -2.78. The lowest BCUT2D eigenvalue weighted by atomic mass is 9.89. The van der Waals surface area contributed by atoms with Gasteiger partial charge in [-0.3, -0.25) is 9.36 Å². The van der Waals surface area contributed by atoms with Gasteiger partial charge in [-0.05, 0) is 53.5 Å². The van der Waals surface area contributed by atoms with Crippen LogP contribution in [-0.4, -0.2) is 18.0 Å². The zero-order valence-electron chi connectivity index (χ0n) is 21.2. The summed E-state index contributed by atoms with van der Waals surface area (Å²) in [5.74, 6) is -2.98. The Morgan fingerprint density at radius 2 is 1.50 bits per heavy atom. The van der Waals surface area contributed by atoms with E-state index in [1.165, 1.54) is 6.92 Å². The first kappa shape index (κ1) is 27.8. The molecule has 0 unspecified atom stereocenters. The molecule has 0 atom stereocenters. The molecule has 3 rings (SSSR count). The molecule has 0 bridgehead atoms. The number of benzene rings is 2. The van der Waals surface area contributed by atoms with Gasteiger partial charge in [-0.15, -0.1) is 0 Å². The van der Waals surface area contributed by atoms with Crippen LogP contribution in [0.25, 0.3) is 5.69 Å². The van der Waals surface area contributed by atoms with Crippen molar-refractivity contribution in [3.63, 3.8) is 0 Å². The fraction of sp³-hybridized carbons (Fsp3) is 0.385. The Morgan fingerprint density at radius 3 is 1.97 bits per heavy atom. The van der Waals surface area contributed by atoms with Gasteiger partial charge >= 0.3 is 10.1 Å². The maximum Gasteiger partial charge on any atom is 0.341 e. The molecule has 2 aromatic carbocycles. The lowest BCUT2D eigenvalue weighted by molar-refractivity contribution is 0.469. The minimum atomic E-state index is -4.38. The molecule has 1 heterocycles. The van der Waals surface area contributed by atoms with E-state index in [2.05, 4.69) is 4.98 Å². The summed E-state index contributed by atoms with van der Waals surface area (Å²) in [5.41, 5.74) is 1.34. The lowest BCUT2D eigenvalue weighted by Crippen LogP contribution is -2.24. The molecule has 6 nitrogen and oxygen atoms in total. The van der Waals surface area contributed by atoms with Crippen LogP contribution >= 0.6 is 11.6 Å². The molecule has 194 valence electrons. The first-order chi connectivity index (χ1) is 16.7. The third-order valence-corrected chi connectivity index (χ3v) is 7.56. The fourth-order valence-corrected chi connectivity index (χ4v) is 5.73. The van der Waals surface area contributed by atoms with Crippen molar-refractivity contribution >= 4 is 21.7 Å². The minimum Gasteiger partial charge on any atom is -0.358 e. The quantitative estimate of drug-likeness (QED) is 0.250. The number of aromatic nitrogens is 2. The molecule has 0 saturated carbocycles. The monoisotopic (exact) mass is 538 g/mol. The third-order valence-electron chi connectivity index (χ3n) is 5.84. The molecule has 0 fully saturated rings. The summed E-state index contributed by atoms with van der Waals surface area (Å²) in [6.07, 6.45) is 0. The summed E-state index contributed by atoms with van der Waals surface area (Å²) in [7, 11) is -4.38. The van der Waals surface area contributed by atoms with Crippen LogP contribution < -0.4 is 9.74 Å². The van der Waals surface area contributed by atoms with E-state index in [4.69, 9.17) is 15.8 Å². The Bertz CT molecular complexity index is 1450. The summed E-state index contributed by atoms with van der Waals surface area (Å²) < 4.78 is 60.9. The summed E-state index contributed by atoms with van der Waals surface area (Å²) >= 11 is 5.90. The van der Waals surface area contributed by atoms with Crippen LogP contribution in [0.1, 0.15) is 81.8 Å². The zero-order chi connectivity index (χ0) is 27.1. The summed E-state index contributed by atoms with van der Waals surface area (Å²) in [5, 5.41) is -0.600. The molecular formula is C26H29ClF2N2O4S. The van der Waals surface area contributed by atoms with Crippen LogP contribution in [0.3, 0.4) is 0 Å². The third kappa shape index (κ3) is 5.32. The van der Waals surface area contributed by atoms with Crippen LogP contribution in [0.15, 0.2) is 40.0 Å². The van der Waals surface area contributed by atoms with Crippen LogP contribution in [0.5, 0.6) is 5.88 Å². The molecule has 36 heavy (non-hydrogen) atoms. The molecule has 0 saturated heterocycles. The largest absolute Gasteiger partial charge is 0.358 e. The van der Waals surface area contributed by atoms with E-state index in [1.54, 1.807) is 0 Å². The van der Waals surface area contributed by atoms with Gasteiger partial charge < -0.3 is 4.18 Å². The van der Waals surface area contributed by atoms with Crippen molar-refractivity contribution in [2.75, 3.05) is 0 Å². The molecule has 0 spiro atoms. The van der Waals surface area contributed by atoms with E-state index < -0.39 is 38.2 Å². The minimum absolute atomic E-state index is 0.0241. The van der Waals surface area contributed by atoms with Gasteiger partial charge in [-0.2, -0.15) is 13.4 Å².